The molecule has 0 aliphatic carbocycles. The van der Waals surface area contributed by atoms with E-state index in [4.69, 9.17) is 5.26 Å². The monoisotopic (exact) mass is 216 g/mol. The lowest BCUT2D eigenvalue weighted by Gasteiger charge is -2.39. The fraction of sp³-hybridized carbons (Fsp3) is 0.500. The number of aromatic nitrogens is 1. The average Bonchev–Trinajstić information content (AvgIpc) is 2.28. The van der Waals surface area contributed by atoms with Gasteiger partial charge in [-0.25, -0.2) is 4.98 Å². The molecule has 4 heteroatoms. The number of pyridine rings is 1. The third-order valence-electron chi connectivity index (χ3n) is 2.74. The van der Waals surface area contributed by atoms with Gasteiger partial charge in [-0.05, 0) is 26.0 Å². The van der Waals surface area contributed by atoms with Crippen molar-refractivity contribution in [2.75, 3.05) is 24.5 Å². The second-order valence-electron chi connectivity index (χ2n) is 4.73. The van der Waals surface area contributed by atoms with E-state index in [1.165, 1.54) is 0 Å². The first-order chi connectivity index (χ1) is 7.61. The lowest BCUT2D eigenvalue weighted by Crippen LogP contribution is -2.57. The summed E-state index contributed by atoms with van der Waals surface area (Å²) in [6, 6.07) is 7.65. The molecule has 84 valence electrons. The second kappa shape index (κ2) is 4.11. The van der Waals surface area contributed by atoms with Crippen LogP contribution in [0.1, 0.15) is 19.5 Å². The molecule has 4 nitrogen and oxygen atoms in total. The summed E-state index contributed by atoms with van der Waals surface area (Å²) in [5.41, 5.74) is 0.580. The minimum absolute atomic E-state index is 0.0998. The third-order valence-corrected chi connectivity index (χ3v) is 2.74. The molecule has 0 radical (unpaired) electrons. The maximum atomic E-state index is 8.82. The highest BCUT2D eigenvalue weighted by atomic mass is 15.3. The van der Waals surface area contributed by atoms with E-state index >= 15 is 0 Å². The van der Waals surface area contributed by atoms with Crippen LogP contribution in [0.2, 0.25) is 0 Å². The van der Waals surface area contributed by atoms with Crippen LogP contribution in [-0.4, -0.2) is 30.2 Å². The number of hydrogen-bond acceptors (Lipinski definition) is 4. The Bertz CT molecular complexity index is 419. The number of nitrogens with one attached hydrogen (secondary N) is 1. The Morgan fingerprint density at radius 3 is 3.00 bits per heavy atom. The van der Waals surface area contributed by atoms with Crippen LogP contribution in [-0.2, 0) is 0 Å². The van der Waals surface area contributed by atoms with Crippen LogP contribution in [0.3, 0.4) is 0 Å². The van der Waals surface area contributed by atoms with Crippen LogP contribution < -0.4 is 10.2 Å². The van der Waals surface area contributed by atoms with Gasteiger partial charge < -0.3 is 10.2 Å². The molecule has 0 atom stereocenters. The van der Waals surface area contributed by atoms with E-state index in [2.05, 4.69) is 35.1 Å². The lowest BCUT2D eigenvalue weighted by molar-refractivity contribution is 0.352. The molecule has 0 spiro atoms. The van der Waals surface area contributed by atoms with Gasteiger partial charge in [0.1, 0.15) is 17.6 Å². The van der Waals surface area contributed by atoms with Crippen molar-refractivity contribution in [2.24, 2.45) is 0 Å². The molecule has 0 unspecified atom stereocenters. The van der Waals surface area contributed by atoms with Gasteiger partial charge in [0.2, 0.25) is 0 Å². The van der Waals surface area contributed by atoms with Crippen molar-refractivity contribution in [2.45, 2.75) is 19.4 Å². The average molecular weight is 216 g/mol. The number of nitrogens with zero attached hydrogens (tertiary/aromatic N) is 3. The van der Waals surface area contributed by atoms with E-state index in [9.17, 15) is 0 Å². The summed E-state index contributed by atoms with van der Waals surface area (Å²) in [4.78, 5) is 6.54. The predicted octanol–water partition coefficient (Wildman–Crippen LogP) is 1.14. The Kier molecular flexibility index (Phi) is 2.80. The van der Waals surface area contributed by atoms with E-state index in [0.717, 1.165) is 25.5 Å². The Morgan fingerprint density at radius 1 is 1.50 bits per heavy atom. The molecule has 1 aliphatic heterocycles. The topological polar surface area (TPSA) is 52.0 Å². The molecule has 1 aromatic rings. The van der Waals surface area contributed by atoms with E-state index in [1.54, 1.807) is 6.07 Å². The Morgan fingerprint density at radius 2 is 2.31 bits per heavy atom. The molecular weight excluding hydrogens is 200 g/mol. The van der Waals surface area contributed by atoms with Gasteiger partial charge in [-0.3, -0.25) is 0 Å². The molecule has 1 aliphatic rings. The highest BCUT2D eigenvalue weighted by Crippen LogP contribution is 2.17. The van der Waals surface area contributed by atoms with Crippen molar-refractivity contribution in [1.82, 2.24) is 10.3 Å². The molecule has 1 aromatic heterocycles. The van der Waals surface area contributed by atoms with Crippen molar-refractivity contribution in [3.63, 3.8) is 0 Å². The predicted molar refractivity (Wildman–Crippen MR) is 63.2 cm³/mol. The zero-order chi connectivity index (χ0) is 11.6. The normalized spacial score (nSPS) is 19.2. The highest BCUT2D eigenvalue weighted by molar-refractivity contribution is 5.42. The number of anilines is 1. The summed E-state index contributed by atoms with van der Waals surface area (Å²) in [7, 11) is 0. The smallest absolute Gasteiger partial charge is 0.142 e. The van der Waals surface area contributed by atoms with Gasteiger partial charge in [0.25, 0.3) is 0 Å². The van der Waals surface area contributed by atoms with Crippen molar-refractivity contribution < 1.29 is 0 Å². The molecule has 1 saturated heterocycles. The molecule has 1 N–H and O–H groups in total. The van der Waals surface area contributed by atoms with Gasteiger partial charge in [0.05, 0.1) is 0 Å². The Balaban J connectivity index is 2.21. The summed E-state index contributed by atoms with van der Waals surface area (Å²) >= 11 is 0. The van der Waals surface area contributed by atoms with Crippen molar-refractivity contribution in [3.05, 3.63) is 23.9 Å². The lowest BCUT2D eigenvalue weighted by atomic mass is 10.0. The minimum atomic E-state index is 0.0998. The van der Waals surface area contributed by atoms with Crippen LogP contribution in [0.4, 0.5) is 5.82 Å². The van der Waals surface area contributed by atoms with Crippen LogP contribution >= 0.6 is 0 Å². The zero-order valence-corrected chi connectivity index (χ0v) is 9.70. The van der Waals surface area contributed by atoms with Gasteiger partial charge in [-0.1, -0.05) is 6.07 Å². The van der Waals surface area contributed by atoms with Gasteiger partial charge in [-0.15, -0.1) is 0 Å². The van der Waals surface area contributed by atoms with Crippen LogP contribution in [0.5, 0.6) is 0 Å². The molecule has 16 heavy (non-hydrogen) atoms. The van der Waals surface area contributed by atoms with Crippen molar-refractivity contribution >= 4 is 5.82 Å². The first-order valence-electron chi connectivity index (χ1n) is 5.48. The fourth-order valence-corrected chi connectivity index (χ4v) is 2.00. The van der Waals surface area contributed by atoms with Crippen LogP contribution in [0, 0.1) is 11.3 Å². The first kappa shape index (κ1) is 10.9. The van der Waals surface area contributed by atoms with Crippen molar-refractivity contribution in [1.29, 1.82) is 5.26 Å². The second-order valence-corrected chi connectivity index (χ2v) is 4.73. The number of nitriles is 1. The van der Waals surface area contributed by atoms with E-state index in [1.807, 2.05) is 12.1 Å². The molecule has 2 heterocycles. The fourth-order valence-electron chi connectivity index (χ4n) is 2.00. The standard InChI is InChI=1S/C12H16N4/c1-12(2)9-16(7-6-14-12)11-5-3-4-10(8-13)15-11/h3-5,14H,6-7,9H2,1-2H3. The third kappa shape index (κ3) is 2.31. The Labute approximate surface area is 95.9 Å². The summed E-state index contributed by atoms with van der Waals surface area (Å²) < 4.78 is 0. The van der Waals surface area contributed by atoms with Crippen LogP contribution in [0.15, 0.2) is 18.2 Å². The first-order valence-corrected chi connectivity index (χ1v) is 5.48. The number of piperazine rings is 1. The van der Waals surface area contributed by atoms with E-state index in [-0.39, 0.29) is 5.54 Å². The van der Waals surface area contributed by atoms with E-state index in [0.29, 0.717) is 5.69 Å². The quantitative estimate of drug-likeness (QED) is 0.765. The van der Waals surface area contributed by atoms with Gasteiger partial charge >= 0.3 is 0 Å². The summed E-state index contributed by atoms with van der Waals surface area (Å²) in [6.07, 6.45) is 0. The number of hydrogen-bond donors (Lipinski definition) is 1. The minimum Gasteiger partial charge on any atom is -0.353 e. The molecular formula is C12H16N4. The van der Waals surface area contributed by atoms with Gasteiger partial charge in [0, 0.05) is 25.2 Å². The summed E-state index contributed by atoms with van der Waals surface area (Å²) in [5, 5.41) is 12.3. The van der Waals surface area contributed by atoms with Gasteiger partial charge in [-0.2, -0.15) is 5.26 Å². The molecule has 2 rings (SSSR count). The molecule has 0 aromatic carbocycles. The SMILES string of the molecule is CC1(C)CN(c2cccc(C#N)n2)CCN1. The number of rotatable bonds is 1. The van der Waals surface area contributed by atoms with Gasteiger partial charge in [0.15, 0.2) is 0 Å². The molecule has 1 fully saturated rings. The van der Waals surface area contributed by atoms with Crippen molar-refractivity contribution in [3.8, 4) is 6.07 Å². The summed E-state index contributed by atoms with van der Waals surface area (Å²) in [5.74, 6) is 0.897. The zero-order valence-electron chi connectivity index (χ0n) is 9.70. The maximum Gasteiger partial charge on any atom is 0.142 e. The summed E-state index contributed by atoms with van der Waals surface area (Å²) in [6.45, 7) is 7.15. The molecule has 0 amide bonds. The maximum absolute atomic E-state index is 8.82. The largest absolute Gasteiger partial charge is 0.353 e. The Hall–Kier alpha value is -1.60. The molecule has 0 bridgehead atoms. The molecule has 0 saturated carbocycles. The van der Waals surface area contributed by atoms with E-state index < -0.39 is 0 Å². The highest BCUT2D eigenvalue weighted by Gasteiger charge is 2.26. The van der Waals surface area contributed by atoms with Crippen LogP contribution in [0.25, 0.3) is 0 Å².